The second-order valence-electron chi connectivity index (χ2n) is 7.28. The van der Waals surface area contributed by atoms with Crippen LogP contribution in [0.2, 0.25) is 5.02 Å². The molecular weight excluding hydrogens is 414 g/mol. The maximum atomic E-state index is 12.7. The first-order valence-corrected chi connectivity index (χ1v) is 10.6. The number of nitrogens with zero attached hydrogens (tertiary/aromatic N) is 1. The van der Waals surface area contributed by atoms with Crippen LogP contribution in [0.25, 0.3) is 11.3 Å². The zero-order valence-electron chi connectivity index (χ0n) is 17.5. The molecular formula is C25H24ClNO4. The lowest BCUT2D eigenvalue weighted by molar-refractivity contribution is 0.0524. The molecule has 1 aliphatic heterocycles. The first kappa shape index (κ1) is 21.1. The van der Waals surface area contributed by atoms with E-state index in [0.717, 1.165) is 22.5 Å². The van der Waals surface area contributed by atoms with Crippen LogP contribution in [0.1, 0.15) is 34.6 Å². The van der Waals surface area contributed by atoms with E-state index in [1.54, 1.807) is 13.2 Å². The number of carbonyl (C=O) groups is 1. The smallest absolute Gasteiger partial charge is 0.339 e. The zero-order valence-corrected chi connectivity index (χ0v) is 18.3. The summed E-state index contributed by atoms with van der Waals surface area (Å²) in [5, 5.41) is 0.653. The third-order valence-corrected chi connectivity index (χ3v) is 5.58. The van der Waals surface area contributed by atoms with Gasteiger partial charge in [0.05, 0.1) is 18.2 Å². The maximum Gasteiger partial charge on any atom is 0.339 e. The van der Waals surface area contributed by atoms with Crippen LogP contribution in [0, 0.1) is 6.92 Å². The normalized spacial score (nSPS) is 13.8. The zero-order chi connectivity index (χ0) is 21.8. The molecule has 0 spiro atoms. The van der Waals surface area contributed by atoms with E-state index in [-0.39, 0.29) is 18.8 Å². The van der Waals surface area contributed by atoms with Gasteiger partial charge in [-0.1, -0.05) is 54.1 Å². The number of halogens is 1. The minimum Gasteiger partial charge on any atom is -0.462 e. The van der Waals surface area contributed by atoms with E-state index < -0.39 is 0 Å². The largest absolute Gasteiger partial charge is 0.462 e. The molecule has 1 aromatic heterocycles. The van der Waals surface area contributed by atoms with E-state index in [9.17, 15) is 4.79 Å². The summed E-state index contributed by atoms with van der Waals surface area (Å²) in [5.41, 5.74) is 4.32. The fourth-order valence-corrected chi connectivity index (χ4v) is 3.99. The van der Waals surface area contributed by atoms with Crippen molar-refractivity contribution < 1.29 is 19.0 Å². The van der Waals surface area contributed by atoms with Crippen molar-refractivity contribution in [2.24, 2.45) is 0 Å². The van der Waals surface area contributed by atoms with Crippen LogP contribution in [0.3, 0.4) is 0 Å². The van der Waals surface area contributed by atoms with E-state index >= 15 is 0 Å². The van der Waals surface area contributed by atoms with Gasteiger partial charge in [-0.25, -0.2) is 4.79 Å². The van der Waals surface area contributed by atoms with E-state index in [4.69, 9.17) is 25.8 Å². The summed E-state index contributed by atoms with van der Waals surface area (Å²) in [6.45, 7) is 4.23. The van der Waals surface area contributed by atoms with E-state index in [2.05, 4.69) is 16.7 Å². The molecule has 160 valence electrons. The van der Waals surface area contributed by atoms with Gasteiger partial charge in [0.2, 0.25) is 6.79 Å². The summed E-state index contributed by atoms with van der Waals surface area (Å²) in [6.07, 6.45) is 2.33. The van der Waals surface area contributed by atoms with Gasteiger partial charge < -0.3 is 18.8 Å². The second-order valence-corrected chi connectivity index (χ2v) is 7.72. The summed E-state index contributed by atoms with van der Waals surface area (Å²) in [4.78, 5) is 12.7. The van der Waals surface area contributed by atoms with Crippen molar-refractivity contribution >= 4 is 17.6 Å². The highest BCUT2D eigenvalue weighted by Crippen LogP contribution is 2.36. The van der Waals surface area contributed by atoms with E-state index in [0.29, 0.717) is 29.4 Å². The second kappa shape index (κ2) is 9.31. The molecule has 0 saturated heterocycles. The number of carbonyl (C=O) groups excluding carboxylic acids is 1. The number of allylic oxidation sites excluding steroid dienone is 1. The minimum atomic E-state index is -0.343. The highest BCUT2D eigenvalue weighted by atomic mass is 35.5. The van der Waals surface area contributed by atoms with E-state index in [1.165, 1.54) is 0 Å². The Kier molecular flexibility index (Phi) is 6.33. The van der Waals surface area contributed by atoms with Crippen molar-refractivity contribution in [2.45, 2.75) is 26.3 Å². The Morgan fingerprint density at radius 3 is 2.55 bits per heavy atom. The van der Waals surface area contributed by atoms with Crippen molar-refractivity contribution in [3.8, 4) is 11.3 Å². The molecule has 2 aromatic carbocycles. The highest BCUT2D eigenvalue weighted by molar-refractivity contribution is 6.30. The number of esters is 1. The Labute approximate surface area is 186 Å². The van der Waals surface area contributed by atoms with Gasteiger partial charge in [0.1, 0.15) is 6.26 Å². The van der Waals surface area contributed by atoms with Crippen LogP contribution in [-0.4, -0.2) is 23.9 Å². The summed E-state index contributed by atoms with van der Waals surface area (Å²) in [6, 6.07) is 19.4. The van der Waals surface area contributed by atoms with Crippen molar-refractivity contribution in [2.75, 3.05) is 13.4 Å². The van der Waals surface area contributed by atoms with Crippen LogP contribution in [0.4, 0.5) is 0 Å². The SMILES string of the molecule is CCOC(=O)c1cc(-c2ccc(Cl)cc2)n(C(Cc2ccccc2)C2=COCO2)c1C. The van der Waals surface area contributed by atoms with Crippen molar-refractivity contribution in [3.05, 3.63) is 94.5 Å². The topological polar surface area (TPSA) is 49.7 Å². The molecule has 0 aliphatic carbocycles. The van der Waals surface area contributed by atoms with Gasteiger partial charge >= 0.3 is 5.97 Å². The van der Waals surface area contributed by atoms with Gasteiger partial charge in [0.25, 0.3) is 0 Å². The fourth-order valence-electron chi connectivity index (χ4n) is 3.86. The Bertz CT molecular complexity index is 1090. The summed E-state index contributed by atoms with van der Waals surface area (Å²) in [5.74, 6) is 0.373. The Balaban J connectivity index is 1.87. The predicted molar refractivity (Wildman–Crippen MR) is 120 cm³/mol. The van der Waals surface area contributed by atoms with Crippen molar-refractivity contribution in [1.29, 1.82) is 0 Å². The van der Waals surface area contributed by atoms with Gasteiger partial charge in [0, 0.05) is 22.8 Å². The lowest BCUT2D eigenvalue weighted by Crippen LogP contribution is -2.18. The third-order valence-electron chi connectivity index (χ3n) is 5.33. The summed E-state index contributed by atoms with van der Waals surface area (Å²) >= 11 is 6.11. The predicted octanol–water partition coefficient (Wildman–Crippen LogP) is 5.92. The summed E-state index contributed by atoms with van der Waals surface area (Å²) in [7, 11) is 0. The molecule has 1 atom stereocenters. The van der Waals surface area contributed by atoms with Crippen LogP contribution in [-0.2, 0) is 20.6 Å². The number of hydrogen-bond donors (Lipinski definition) is 0. The molecule has 31 heavy (non-hydrogen) atoms. The first-order chi connectivity index (χ1) is 15.1. The average Bonchev–Trinajstić information content (AvgIpc) is 3.42. The first-order valence-electron chi connectivity index (χ1n) is 10.2. The molecule has 0 amide bonds. The standard InChI is InChI=1S/C25H24ClNO4/c1-3-30-25(28)21-14-22(19-9-11-20(26)12-10-19)27(17(21)2)23(24-15-29-16-31-24)13-18-7-5-4-6-8-18/h4-12,14-15,23H,3,13,16H2,1-2H3. The highest BCUT2D eigenvalue weighted by Gasteiger charge is 2.29. The van der Waals surface area contributed by atoms with Gasteiger partial charge in [0.15, 0.2) is 5.76 Å². The fraction of sp³-hybridized carbons (Fsp3) is 0.240. The third kappa shape index (κ3) is 4.47. The average molecular weight is 438 g/mol. The Hall–Kier alpha value is -3.18. The molecule has 1 aliphatic rings. The van der Waals surface area contributed by atoms with Gasteiger partial charge in [-0.05, 0) is 43.2 Å². The molecule has 2 heterocycles. The number of hydrogen-bond acceptors (Lipinski definition) is 4. The van der Waals surface area contributed by atoms with Crippen LogP contribution in [0.15, 0.2) is 72.7 Å². The maximum absolute atomic E-state index is 12.7. The molecule has 3 aromatic rings. The molecule has 1 unspecified atom stereocenters. The van der Waals surface area contributed by atoms with E-state index in [1.807, 2.05) is 55.5 Å². The number of ether oxygens (including phenoxy) is 3. The molecule has 5 nitrogen and oxygen atoms in total. The number of aromatic nitrogens is 1. The van der Waals surface area contributed by atoms with Crippen molar-refractivity contribution in [1.82, 2.24) is 4.57 Å². The quantitative estimate of drug-likeness (QED) is 0.430. The van der Waals surface area contributed by atoms with Crippen LogP contribution in [0.5, 0.6) is 0 Å². The molecule has 0 bridgehead atoms. The lowest BCUT2D eigenvalue weighted by Gasteiger charge is -2.24. The monoisotopic (exact) mass is 437 g/mol. The molecule has 6 heteroatoms. The summed E-state index contributed by atoms with van der Waals surface area (Å²) < 4.78 is 18.6. The number of rotatable bonds is 7. The molecule has 0 fully saturated rings. The number of benzene rings is 2. The molecule has 0 radical (unpaired) electrons. The van der Waals surface area contributed by atoms with Gasteiger partial charge in [-0.2, -0.15) is 0 Å². The Morgan fingerprint density at radius 1 is 1.16 bits per heavy atom. The Morgan fingerprint density at radius 2 is 1.90 bits per heavy atom. The van der Waals surface area contributed by atoms with Crippen LogP contribution < -0.4 is 0 Å². The van der Waals surface area contributed by atoms with Gasteiger partial charge in [-0.15, -0.1) is 0 Å². The molecule has 4 rings (SSSR count). The van der Waals surface area contributed by atoms with Gasteiger partial charge in [-0.3, -0.25) is 0 Å². The lowest BCUT2D eigenvalue weighted by atomic mass is 10.0. The molecule has 0 N–H and O–H groups in total. The van der Waals surface area contributed by atoms with Crippen LogP contribution >= 0.6 is 11.6 Å². The molecule has 0 saturated carbocycles. The minimum absolute atomic E-state index is 0.182. The van der Waals surface area contributed by atoms with Crippen molar-refractivity contribution in [3.63, 3.8) is 0 Å².